The summed E-state index contributed by atoms with van der Waals surface area (Å²) in [5, 5.41) is 7.43. The van der Waals surface area contributed by atoms with Crippen LogP contribution in [0, 0.1) is 11.2 Å². The molecule has 120 valence electrons. The maximum atomic E-state index is 7.43. The fourth-order valence-corrected chi connectivity index (χ4v) is 6.04. The lowest BCUT2D eigenvalue weighted by molar-refractivity contribution is -1.08. The van der Waals surface area contributed by atoms with Gasteiger partial charge < -0.3 is 4.48 Å². The molecule has 0 fully saturated rings. The molecule has 0 heterocycles. The first kappa shape index (κ1) is 21.8. The monoisotopic (exact) mass is 282 g/mol. The van der Waals surface area contributed by atoms with E-state index in [1.165, 1.54) is 0 Å². The number of hydrogen-bond acceptors (Lipinski definition) is 1. The lowest BCUT2D eigenvalue weighted by atomic mass is 9.75. The highest BCUT2D eigenvalue weighted by molar-refractivity contribution is 6.20. The van der Waals surface area contributed by atoms with Crippen molar-refractivity contribution in [3.63, 3.8) is 0 Å². The molecule has 0 aromatic rings. The molecule has 20 heavy (non-hydrogen) atoms. The number of nitrogens with zero attached hydrogens (tertiary/aromatic N) is 2. The van der Waals surface area contributed by atoms with E-state index in [0.29, 0.717) is 0 Å². The van der Waals surface area contributed by atoms with Crippen molar-refractivity contribution in [3.05, 3.63) is 0 Å². The first-order valence-corrected chi connectivity index (χ1v) is 7.12. The average molecular weight is 282 g/mol. The summed E-state index contributed by atoms with van der Waals surface area (Å²) in [7, 11) is 0.0694. The second-order valence-electron chi connectivity index (χ2n) is 9.35. The summed E-state index contributed by atoms with van der Waals surface area (Å²) >= 11 is 0. The maximum absolute atomic E-state index is 7.43. The third-order valence-electron chi connectivity index (χ3n) is 4.02. The van der Waals surface area contributed by atoms with Gasteiger partial charge in [0.25, 0.3) is 0 Å². The van der Waals surface area contributed by atoms with Crippen LogP contribution in [0.3, 0.4) is 0 Å². The summed E-state index contributed by atoms with van der Waals surface area (Å²) in [6, 6.07) is 0. The zero-order chi connectivity index (χ0) is 17.2. The van der Waals surface area contributed by atoms with Gasteiger partial charge in [-0.15, -0.1) is 0 Å². The second kappa shape index (κ2) is 6.10. The van der Waals surface area contributed by atoms with Crippen molar-refractivity contribution < 1.29 is 4.48 Å². The highest BCUT2D eigenvalue weighted by Crippen LogP contribution is 2.50. The van der Waals surface area contributed by atoms with Crippen molar-refractivity contribution in [2.45, 2.75) is 105 Å². The van der Waals surface area contributed by atoms with Crippen LogP contribution in [-0.2, 0) is 0 Å². The molecule has 0 unspecified atom stereocenters. The van der Waals surface area contributed by atoms with Gasteiger partial charge in [-0.25, -0.2) is 0 Å². The molecule has 0 aliphatic carbocycles. The predicted molar refractivity (Wildman–Crippen MR) is 94.8 cm³/mol. The van der Waals surface area contributed by atoms with Crippen LogP contribution in [0.2, 0.25) is 0 Å². The van der Waals surface area contributed by atoms with Crippen molar-refractivity contribution in [3.8, 4) is 5.97 Å². The van der Waals surface area contributed by atoms with Crippen molar-refractivity contribution >= 4 is 7.85 Å². The van der Waals surface area contributed by atoms with E-state index in [4.69, 9.17) is 5.26 Å². The summed E-state index contributed by atoms with van der Waals surface area (Å²) in [5.41, 5.74) is 0.812. The van der Waals surface area contributed by atoms with Crippen LogP contribution in [0.25, 0.3) is 0 Å². The Hall–Kier alpha value is -0.485. The molecule has 0 spiro atoms. The van der Waals surface area contributed by atoms with Crippen LogP contribution in [0.1, 0.15) is 83.1 Å². The third-order valence-corrected chi connectivity index (χ3v) is 4.02. The SMILES string of the molecule is CC(C)(C)[N+](C(C)(C)C)(C(C)(C)C)C(C)(C)C.[BH3-]C#N. The molecule has 0 bridgehead atoms. The smallest absolute Gasteiger partial charge is 0.0918 e. The lowest BCUT2D eigenvalue weighted by Crippen LogP contribution is -2.82. The zero-order valence-corrected chi connectivity index (χ0v) is 15.4. The molecule has 0 aromatic carbocycles. The van der Waals surface area contributed by atoms with Gasteiger partial charge in [-0.3, -0.25) is 5.26 Å². The second-order valence-corrected chi connectivity index (χ2v) is 9.35. The standard InChI is InChI=1S/C16H36N.CH3BN/c1-13(2,3)17(14(4,5)6,15(7,8)9)16(10,11)12;2-1-3/h1-12H3;2H3/q+1;-1. The van der Waals surface area contributed by atoms with Gasteiger partial charge in [0.1, 0.15) is 0 Å². The minimum Gasteiger partial charge on any atom is -0.307 e. The van der Waals surface area contributed by atoms with E-state index in [-0.39, 0.29) is 30.0 Å². The van der Waals surface area contributed by atoms with Crippen molar-refractivity contribution in [1.29, 1.82) is 5.26 Å². The molecule has 0 saturated carbocycles. The number of rotatable bonds is 0. The molecule has 3 heteroatoms. The Balaban J connectivity index is 0. The zero-order valence-electron chi connectivity index (χ0n) is 15.4. The highest BCUT2D eigenvalue weighted by Gasteiger charge is 2.62. The van der Waals surface area contributed by atoms with Crippen LogP contribution in [0.15, 0.2) is 0 Å². The largest absolute Gasteiger partial charge is 0.307 e. The van der Waals surface area contributed by atoms with E-state index in [0.717, 1.165) is 4.48 Å². The van der Waals surface area contributed by atoms with Gasteiger partial charge in [-0.05, 0) is 83.1 Å². The van der Waals surface area contributed by atoms with Crippen molar-refractivity contribution in [2.24, 2.45) is 0 Å². The summed E-state index contributed by atoms with van der Waals surface area (Å²) in [6.45, 7) is 28.6. The van der Waals surface area contributed by atoms with Crippen LogP contribution < -0.4 is 0 Å². The number of nitriles is 1. The first-order chi connectivity index (χ1) is 8.41. The third kappa shape index (κ3) is 3.79. The molecule has 2 nitrogen and oxygen atoms in total. The lowest BCUT2D eigenvalue weighted by Gasteiger charge is -2.70. The van der Waals surface area contributed by atoms with Crippen LogP contribution in [0.5, 0.6) is 0 Å². The van der Waals surface area contributed by atoms with Gasteiger partial charge in [0.2, 0.25) is 0 Å². The molecule has 0 rings (SSSR count). The van der Waals surface area contributed by atoms with E-state index in [2.05, 4.69) is 83.1 Å². The van der Waals surface area contributed by atoms with E-state index in [1.54, 1.807) is 0 Å². The predicted octanol–water partition coefficient (Wildman–Crippen LogP) is 3.83. The minimum atomic E-state index is 0.0694. The van der Waals surface area contributed by atoms with Gasteiger partial charge in [-0.2, -0.15) is 5.97 Å². The van der Waals surface area contributed by atoms with Gasteiger partial charge in [0, 0.05) is 0 Å². The van der Waals surface area contributed by atoms with E-state index >= 15 is 0 Å². The Morgan fingerprint density at radius 3 is 0.700 bits per heavy atom. The fourth-order valence-electron chi connectivity index (χ4n) is 6.04. The normalized spacial score (nSPS) is 14.2. The number of hydrogen-bond donors (Lipinski definition) is 0. The average Bonchev–Trinajstić information content (AvgIpc) is 1.90. The van der Waals surface area contributed by atoms with E-state index < -0.39 is 0 Å². The molecule has 0 saturated heterocycles. The quantitative estimate of drug-likeness (QED) is 0.489. The Labute approximate surface area is 129 Å². The molecular formula is C17H39BN2. The molecule has 0 amide bonds. The fraction of sp³-hybridized carbons (Fsp3) is 0.941. The van der Waals surface area contributed by atoms with Crippen molar-refractivity contribution in [2.75, 3.05) is 0 Å². The molecular weight excluding hydrogens is 243 g/mol. The van der Waals surface area contributed by atoms with Gasteiger partial charge in [0.15, 0.2) is 0 Å². The van der Waals surface area contributed by atoms with E-state index in [1.807, 2.05) is 5.97 Å². The number of quaternary nitrogens is 1. The van der Waals surface area contributed by atoms with Gasteiger partial charge >= 0.3 is 0 Å². The Bertz CT molecular complexity index is 276. The van der Waals surface area contributed by atoms with Crippen LogP contribution >= 0.6 is 0 Å². The highest BCUT2D eigenvalue weighted by atomic mass is 15.5. The summed E-state index contributed by atoms with van der Waals surface area (Å²) in [6.07, 6.45) is 0. The molecule has 0 aliphatic rings. The Kier molecular flexibility index (Phi) is 6.65. The topological polar surface area (TPSA) is 23.8 Å². The van der Waals surface area contributed by atoms with Gasteiger partial charge in [0.05, 0.1) is 30.0 Å². The molecule has 0 atom stereocenters. The summed E-state index contributed by atoms with van der Waals surface area (Å²) in [5.74, 6) is 2.00. The van der Waals surface area contributed by atoms with Gasteiger partial charge in [-0.1, -0.05) is 0 Å². The molecule has 0 radical (unpaired) electrons. The summed E-state index contributed by atoms with van der Waals surface area (Å²) in [4.78, 5) is 0. The van der Waals surface area contributed by atoms with Crippen LogP contribution in [-0.4, -0.2) is 34.5 Å². The first-order valence-electron chi connectivity index (χ1n) is 7.12. The summed E-state index contributed by atoms with van der Waals surface area (Å²) < 4.78 is 1.08. The molecule has 0 aromatic heterocycles. The van der Waals surface area contributed by atoms with Crippen molar-refractivity contribution in [1.82, 2.24) is 0 Å². The molecule has 0 N–H and O–H groups in total. The Morgan fingerprint density at radius 2 is 0.700 bits per heavy atom. The van der Waals surface area contributed by atoms with E-state index in [9.17, 15) is 0 Å². The maximum Gasteiger partial charge on any atom is 0.0918 e. The molecule has 0 aliphatic heterocycles. The minimum absolute atomic E-state index is 0.0694. The Morgan fingerprint density at radius 1 is 0.600 bits per heavy atom. The van der Waals surface area contributed by atoms with Crippen LogP contribution in [0.4, 0.5) is 0 Å².